The van der Waals surface area contributed by atoms with Gasteiger partial charge in [0.15, 0.2) is 0 Å². The SMILES string of the molecule is CCCCCC(C)CCCN(C)CC(CC)CCCC. The number of unbranched alkanes of at least 4 members (excludes halogenated alkanes) is 3. The van der Waals surface area contributed by atoms with Crippen molar-refractivity contribution in [2.24, 2.45) is 11.8 Å². The molecule has 0 aromatic rings. The van der Waals surface area contributed by atoms with Crippen LogP contribution in [0.15, 0.2) is 0 Å². The fourth-order valence-corrected chi connectivity index (χ4v) is 3.05. The summed E-state index contributed by atoms with van der Waals surface area (Å²) in [6.07, 6.45) is 14.0. The molecule has 0 amide bonds. The van der Waals surface area contributed by atoms with E-state index in [0.29, 0.717) is 0 Å². The molecule has 0 aromatic heterocycles. The van der Waals surface area contributed by atoms with Crippen LogP contribution in [0.4, 0.5) is 0 Å². The van der Waals surface area contributed by atoms with Crippen LogP contribution < -0.4 is 0 Å². The summed E-state index contributed by atoms with van der Waals surface area (Å²) in [6, 6.07) is 0. The van der Waals surface area contributed by atoms with Gasteiger partial charge in [-0.05, 0) is 44.7 Å². The van der Waals surface area contributed by atoms with Crippen molar-refractivity contribution in [2.75, 3.05) is 20.1 Å². The zero-order valence-corrected chi connectivity index (χ0v) is 15.1. The quantitative estimate of drug-likeness (QED) is 0.346. The maximum Gasteiger partial charge on any atom is 0.000650 e. The average Bonchev–Trinajstić information content (AvgIpc) is 2.43. The van der Waals surface area contributed by atoms with E-state index in [0.717, 1.165) is 11.8 Å². The molecular weight excluding hydrogens is 242 g/mol. The lowest BCUT2D eigenvalue weighted by Gasteiger charge is -2.23. The van der Waals surface area contributed by atoms with Gasteiger partial charge in [-0.2, -0.15) is 0 Å². The van der Waals surface area contributed by atoms with Crippen LogP contribution in [0.1, 0.15) is 91.9 Å². The zero-order chi connectivity index (χ0) is 15.2. The Labute approximate surface area is 129 Å². The van der Waals surface area contributed by atoms with Gasteiger partial charge in [-0.25, -0.2) is 0 Å². The first-order valence-corrected chi connectivity index (χ1v) is 9.32. The second-order valence-corrected chi connectivity index (χ2v) is 6.92. The minimum Gasteiger partial charge on any atom is -0.306 e. The average molecular weight is 284 g/mol. The second-order valence-electron chi connectivity index (χ2n) is 6.92. The van der Waals surface area contributed by atoms with Gasteiger partial charge in [0.2, 0.25) is 0 Å². The van der Waals surface area contributed by atoms with Crippen LogP contribution in [0.3, 0.4) is 0 Å². The molecule has 122 valence electrons. The molecule has 0 radical (unpaired) electrons. The standard InChI is InChI=1S/C19H41N/c1-6-9-11-13-18(4)14-12-16-20(5)17-19(8-3)15-10-7-2/h18-19H,6-17H2,1-5H3. The lowest BCUT2D eigenvalue weighted by molar-refractivity contribution is 0.249. The minimum absolute atomic E-state index is 0.918. The molecule has 0 aliphatic rings. The molecule has 0 aliphatic heterocycles. The van der Waals surface area contributed by atoms with Crippen LogP contribution in [0.25, 0.3) is 0 Å². The monoisotopic (exact) mass is 283 g/mol. The summed E-state index contributed by atoms with van der Waals surface area (Å²) in [4.78, 5) is 2.57. The lowest BCUT2D eigenvalue weighted by Crippen LogP contribution is -2.26. The van der Waals surface area contributed by atoms with Crippen molar-refractivity contribution in [3.63, 3.8) is 0 Å². The highest BCUT2D eigenvalue weighted by atomic mass is 15.1. The van der Waals surface area contributed by atoms with Gasteiger partial charge in [0.25, 0.3) is 0 Å². The first kappa shape index (κ1) is 20.0. The summed E-state index contributed by atoms with van der Waals surface area (Å²) in [6.45, 7) is 12.0. The van der Waals surface area contributed by atoms with Gasteiger partial charge >= 0.3 is 0 Å². The van der Waals surface area contributed by atoms with Gasteiger partial charge in [-0.3, -0.25) is 0 Å². The molecular formula is C19H41N. The molecule has 20 heavy (non-hydrogen) atoms. The maximum absolute atomic E-state index is 2.57. The van der Waals surface area contributed by atoms with E-state index in [4.69, 9.17) is 0 Å². The van der Waals surface area contributed by atoms with Crippen LogP contribution in [0.5, 0.6) is 0 Å². The lowest BCUT2D eigenvalue weighted by atomic mass is 9.97. The van der Waals surface area contributed by atoms with Crippen LogP contribution in [-0.2, 0) is 0 Å². The van der Waals surface area contributed by atoms with Crippen LogP contribution >= 0.6 is 0 Å². The molecule has 0 heterocycles. The molecule has 0 rings (SSSR count). The molecule has 0 aliphatic carbocycles. The topological polar surface area (TPSA) is 3.24 Å². The van der Waals surface area contributed by atoms with E-state index in [1.807, 2.05) is 0 Å². The number of hydrogen-bond donors (Lipinski definition) is 0. The van der Waals surface area contributed by atoms with Gasteiger partial charge in [0.1, 0.15) is 0 Å². The Kier molecular flexibility index (Phi) is 13.9. The zero-order valence-electron chi connectivity index (χ0n) is 15.1. The van der Waals surface area contributed by atoms with E-state index in [2.05, 4.69) is 39.6 Å². The molecule has 2 atom stereocenters. The first-order chi connectivity index (χ1) is 9.63. The van der Waals surface area contributed by atoms with E-state index < -0.39 is 0 Å². The first-order valence-electron chi connectivity index (χ1n) is 9.32. The van der Waals surface area contributed by atoms with Crippen molar-refractivity contribution in [1.82, 2.24) is 4.90 Å². The van der Waals surface area contributed by atoms with Gasteiger partial charge in [-0.15, -0.1) is 0 Å². The van der Waals surface area contributed by atoms with E-state index in [9.17, 15) is 0 Å². The smallest absolute Gasteiger partial charge is 0.000650 e. The predicted octanol–water partition coefficient (Wildman–Crippen LogP) is 6.13. The van der Waals surface area contributed by atoms with Crippen molar-refractivity contribution in [3.8, 4) is 0 Å². The van der Waals surface area contributed by atoms with Crippen molar-refractivity contribution in [3.05, 3.63) is 0 Å². The van der Waals surface area contributed by atoms with Gasteiger partial charge < -0.3 is 4.90 Å². The molecule has 0 fully saturated rings. The Balaban J connectivity index is 3.62. The molecule has 0 saturated carbocycles. The Morgan fingerprint density at radius 2 is 1.45 bits per heavy atom. The fourth-order valence-electron chi connectivity index (χ4n) is 3.05. The third-order valence-electron chi connectivity index (χ3n) is 4.65. The fraction of sp³-hybridized carbons (Fsp3) is 1.00. The third-order valence-corrected chi connectivity index (χ3v) is 4.65. The highest BCUT2D eigenvalue weighted by Gasteiger charge is 2.09. The normalized spacial score (nSPS) is 14.7. The summed E-state index contributed by atoms with van der Waals surface area (Å²) in [5.74, 6) is 1.85. The van der Waals surface area contributed by atoms with Crippen molar-refractivity contribution < 1.29 is 0 Å². The number of rotatable bonds is 14. The van der Waals surface area contributed by atoms with Crippen molar-refractivity contribution in [2.45, 2.75) is 91.9 Å². The van der Waals surface area contributed by atoms with Gasteiger partial charge in [-0.1, -0.05) is 72.6 Å². The largest absolute Gasteiger partial charge is 0.306 e. The molecule has 2 unspecified atom stereocenters. The Morgan fingerprint density at radius 1 is 0.800 bits per heavy atom. The van der Waals surface area contributed by atoms with E-state index in [1.54, 1.807) is 0 Å². The van der Waals surface area contributed by atoms with Crippen LogP contribution in [0, 0.1) is 11.8 Å². The maximum atomic E-state index is 2.57. The molecule has 1 nitrogen and oxygen atoms in total. The highest BCUT2D eigenvalue weighted by molar-refractivity contribution is 4.64. The Morgan fingerprint density at radius 3 is 2.05 bits per heavy atom. The van der Waals surface area contributed by atoms with Gasteiger partial charge in [0, 0.05) is 6.54 Å². The molecule has 0 spiro atoms. The number of hydrogen-bond acceptors (Lipinski definition) is 1. The molecule has 0 saturated heterocycles. The van der Waals surface area contributed by atoms with Crippen molar-refractivity contribution >= 4 is 0 Å². The summed E-state index contributed by atoms with van der Waals surface area (Å²) in [5.41, 5.74) is 0. The van der Waals surface area contributed by atoms with E-state index in [-0.39, 0.29) is 0 Å². The van der Waals surface area contributed by atoms with E-state index >= 15 is 0 Å². The summed E-state index contributed by atoms with van der Waals surface area (Å²) in [5, 5.41) is 0. The van der Waals surface area contributed by atoms with Gasteiger partial charge in [0.05, 0.1) is 0 Å². The summed E-state index contributed by atoms with van der Waals surface area (Å²) in [7, 11) is 2.32. The highest BCUT2D eigenvalue weighted by Crippen LogP contribution is 2.17. The minimum atomic E-state index is 0.918. The second kappa shape index (κ2) is 13.9. The third kappa shape index (κ3) is 11.8. The molecule has 0 N–H and O–H groups in total. The molecule has 0 aromatic carbocycles. The predicted molar refractivity (Wildman–Crippen MR) is 93.3 cm³/mol. The van der Waals surface area contributed by atoms with Crippen LogP contribution in [-0.4, -0.2) is 25.0 Å². The van der Waals surface area contributed by atoms with E-state index in [1.165, 1.54) is 77.3 Å². The Hall–Kier alpha value is -0.0400. The van der Waals surface area contributed by atoms with Crippen LogP contribution in [0.2, 0.25) is 0 Å². The summed E-state index contributed by atoms with van der Waals surface area (Å²) >= 11 is 0. The Bertz CT molecular complexity index is 190. The van der Waals surface area contributed by atoms with Crippen molar-refractivity contribution in [1.29, 1.82) is 0 Å². The molecule has 1 heteroatoms. The summed E-state index contributed by atoms with van der Waals surface area (Å²) < 4.78 is 0. The number of nitrogens with zero attached hydrogens (tertiary/aromatic N) is 1. The molecule has 0 bridgehead atoms.